The molecular weight excluding hydrogens is 316 g/mol. The fourth-order valence-electron chi connectivity index (χ4n) is 2.69. The second-order valence-corrected chi connectivity index (χ2v) is 5.39. The predicted octanol–water partition coefficient (Wildman–Crippen LogP) is 1.53. The molecule has 0 fully saturated rings. The summed E-state index contributed by atoms with van der Waals surface area (Å²) in [6.07, 6.45) is 0. The third-order valence-electron chi connectivity index (χ3n) is 3.66. The van der Waals surface area contributed by atoms with Gasteiger partial charge in [-0.3, -0.25) is 19.2 Å². The van der Waals surface area contributed by atoms with E-state index in [9.17, 15) is 29.4 Å². The number of Topliss-reactive ketones (excluding diaryl/α,β-unsaturated/α-hetero) is 2. The number of hydrogen-bond acceptors (Lipinski definition) is 6. The molecule has 7 nitrogen and oxygen atoms in total. The molecule has 0 saturated carbocycles. The van der Waals surface area contributed by atoms with Crippen molar-refractivity contribution in [2.75, 3.05) is 6.61 Å². The first kappa shape index (κ1) is 19.3. The maximum Gasteiger partial charge on any atom is 0.317 e. The molecule has 0 amide bonds. The summed E-state index contributed by atoms with van der Waals surface area (Å²) in [6, 6.07) is 5.49. The largest absolute Gasteiger partial charge is 0.508 e. The van der Waals surface area contributed by atoms with Crippen molar-refractivity contribution in [3.63, 3.8) is 0 Å². The molecular formula is C17H20O7. The highest BCUT2D eigenvalue weighted by atomic mass is 16.5. The second-order valence-electron chi connectivity index (χ2n) is 5.39. The SMILES string of the molecule is CCOC(=O)C(C(C)=O)C(c1cccc(O)c1)C(C(C)=O)C(=O)O. The van der Waals surface area contributed by atoms with Crippen LogP contribution in [0, 0.1) is 11.8 Å². The number of aliphatic carboxylic acids is 1. The van der Waals surface area contributed by atoms with Crippen LogP contribution in [0.3, 0.4) is 0 Å². The van der Waals surface area contributed by atoms with Crippen molar-refractivity contribution in [2.24, 2.45) is 11.8 Å². The van der Waals surface area contributed by atoms with Crippen LogP contribution in [0.1, 0.15) is 32.3 Å². The van der Waals surface area contributed by atoms with E-state index in [1.54, 1.807) is 6.92 Å². The first-order valence-electron chi connectivity index (χ1n) is 7.40. The number of rotatable bonds is 8. The highest BCUT2D eigenvalue weighted by Gasteiger charge is 2.44. The van der Waals surface area contributed by atoms with Gasteiger partial charge in [0.2, 0.25) is 0 Å². The Morgan fingerprint density at radius 2 is 1.67 bits per heavy atom. The van der Waals surface area contributed by atoms with Crippen molar-refractivity contribution < 1.29 is 34.1 Å². The number of phenolic OH excluding ortho intramolecular Hbond substituents is 1. The Hall–Kier alpha value is -2.70. The van der Waals surface area contributed by atoms with Gasteiger partial charge in [0.05, 0.1) is 6.61 Å². The smallest absolute Gasteiger partial charge is 0.317 e. The zero-order valence-corrected chi connectivity index (χ0v) is 13.7. The molecule has 0 bridgehead atoms. The minimum Gasteiger partial charge on any atom is -0.508 e. The highest BCUT2D eigenvalue weighted by Crippen LogP contribution is 2.36. The number of ketones is 2. The van der Waals surface area contributed by atoms with Crippen molar-refractivity contribution in [1.82, 2.24) is 0 Å². The molecule has 0 aromatic heterocycles. The average molecular weight is 336 g/mol. The zero-order valence-electron chi connectivity index (χ0n) is 13.7. The van der Waals surface area contributed by atoms with E-state index in [1.165, 1.54) is 24.3 Å². The van der Waals surface area contributed by atoms with Crippen LogP contribution >= 0.6 is 0 Å². The molecule has 0 aliphatic carbocycles. The van der Waals surface area contributed by atoms with Gasteiger partial charge in [-0.05, 0) is 38.5 Å². The van der Waals surface area contributed by atoms with Gasteiger partial charge in [-0.2, -0.15) is 0 Å². The highest BCUT2D eigenvalue weighted by molar-refractivity contribution is 6.03. The lowest BCUT2D eigenvalue weighted by Crippen LogP contribution is -2.39. The number of carboxylic acids is 1. The quantitative estimate of drug-likeness (QED) is 0.546. The molecule has 0 spiro atoms. The molecule has 130 valence electrons. The Kier molecular flexibility index (Phi) is 6.64. The van der Waals surface area contributed by atoms with Gasteiger partial charge in [0.25, 0.3) is 0 Å². The number of benzene rings is 1. The molecule has 3 atom stereocenters. The maximum absolute atomic E-state index is 12.2. The van der Waals surface area contributed by atoms with Crippen molar-refractivity contribution in [2.45, 2.75) is 26.7 Å². The number of hydrogen-bond donors (Lipinski definition) is 2. The summed E-state index contributed by atoms with van der Waals surface area (Å²) >= 11 is 0. The maximum atomic E-state index is 12.2. The molecule has 2 N–H and O–H groups in total. The lowest BCUT2D eigenvalue weighted by atomic mass is 9.73. The Labute approximate surface area is 139 Å². The van der Waals surface area contributed by atoms with E-state index < -0.39 is 41.3 Å². The van der Waals surface area contributed by atoms with E-state index in [0.717, 1.165) is 13.8 Å². The zero-order chi connectivity index (χ0) is 18.4. The summed E-state index contributed by atoms with van der Waals surface area (Å²) in [6.45, 7) is 3.78. The van der Waals surface area contributed by atoms with Gasteiger partial charge >= 0.3 is 11.9 Å². The van der Waals surface area contributed by atoms with Crippen LogP contribution in [-0.2, 0) is 23.9 Å². The summed E-state index contributed by atoms with van der Waals surface area (Å²) in [5, 5.41) is 19.1. The topological polar surface area (TPSA) is 118 Å². The van der Waals surface area contributed by atoms with Crippen LogP contribution in [0.4, 0.5) is 0 Å². The summed E-state index contributed by atoms with van der Waals surface area (Å²) in [5.41, 5.74) is 0.200. The molecule has 1 rings (SSSR count). The number of carbonyl (C=O) groups excluding carboxylic acids is 3. The van der Waals surface area contributed by atoms with E-state index in [0.29, 0.717) is 0 Å². The third kappa shape index (κ3) is 4.41. The van der Waals surface area contributed by atoms with Crippen LogP contribution in [0.15, 0.2) is 24.3 Å². The number of aromatic hydroxyl groups is 1. The molecule has 0 aliphatic rings. The van der Waals surface area contributed by atoms with Crippen molar-refractivity contribution in [3.8, 4) is 5.75 Å². The van der Waals surface area contributed by atoms with Gasteiger partial charge in [0.1, 0.15) is 29.2 Å². The standard InChI is InChI=1S/C17H20O7/c1-4-24-17(23)14(10(3)19)15(13(9(2)18)16(21)22)11-6-5-7-12(20)8-11/h5-8,13-15,20H,4H2,1-3H3,(H,21,22). The van der Waals surface area contributed by atoms with E-state index >= 15 is 0 Å². The normalized spacial score (nSPS) is 14.3. The van der Waals surface area contributed by atoms with Crippen molar-refractivity contribution in [3.05, 3.63) is 29.8 Å². The van der Waals surface area contributed by atoms with Crippen LogP contribution in [-0.4, -0.2) is 40.3 Å². The number of carboxylic acid groups (broad SMARTS) is 1. The Morgan fingerprint density at radius 3 is 2.08 bits per heavy atom. The van der Waals surface area contributed by atoms with Crippen LogP contribution in [0.5, 0.6) is 5.75 Å². The Balaban J connectivity index is 3.56. The lowest BCUT2D eigenvalue weighted by Gasteiger charge is -2.28. The molecule has 0 saturated heterocycles. The van der Waals surface area contributed by atoms with Gasteiger partial charge in [-0.1, -0.05) is 12.1 Å². The molecule has 24 heavy (non-hydrogen) atoms. The minimum atomic E-state index is -1.62. The fraction of sp³-hybridized carbons (Fsp3) is 0.412. The molecule has 0 heterocycles. The summed E-state index contributed by atoms with van der Waals surface area (Å²) in [4.78, 5) is 47.8. The van der Waals surface area contributed by atoms with E-state index in [1.807, 2.05) is 0 Å². The van der Waals surface area contributed by atoms with Gasteiger partial charge < -0.3 is 14.9 Å². The van der Waals surface area contributed by atoms with Gasteiger partial charge in [-0.15, -0.1) is 0 Å². The molecule has 1 aromatic rings. The second kappa shape index (κ2) is 8.24. The number of carbonyl (C=O) groups is 4. The van der Waals surface area contributed by atoms with Gasteiger partial charge in [0.15, 0.2) is 0 Å². The first-order chi connectivity index (χ1) is 11.2. The Bertz CT molecular complexity index is 636. The van der Waals surface area contributed by atoms with E-state index in [-0.39, 0.29) is 17.9 Å². The fourth-order valence-corrected chi connectivity index (χ4v) is 2.69. The van der Waals surface area contributed by atoms with Crippen LogP contribution < -0.4 is 0 Å². The lowest BCUT2D eigenvalue weighted by molar-refractivity contribution is -0.155. The molecule has 0 radical (unpaired) electrons. The predicted molar refractivity (Wildman–Crippen MR) is 83.5 cm³/mol. The third-order valence-corrected chi connectivity index (χ3v) is 3.66. The molecule has 1 aromatic carbocycles. The summed E-state index contributed by atoms with van der Waals surface area (Å²) in [5.74, 6) is -8.19. The average Bonchev–Trinajstić information content (AvgIpc) is 2.45. The number of ether oxygens (including phenoxy) is 1. The summed E-state index contributed by atoms with van der Waals surface area (Å²) < 4.78 is 4.88. The van der Waals surface area contributed by atoms with E-state index in [2.05, 4.69) is 0 Å². The first-order valence-corrected chi connectivity index (χ1v) is 7.40. The minimum absolute atomic E-state index is 0.00713. The molecule has 7 heteroatoms. The molecule has 0 aliphatic heterocycles. The van der Waals surface area contributed by atoms with Gasteiger partial charge in [0, 0.05) is 5.92 Å². The number of phenols is 1. The van der Waals surface area contributed by atoms with E-state index in [4.69, 9.17) is 4.74 Å². The number of esters is 1. The Morgan fingerprint density at radius 1 is 1.08 bits per heavy atom. The van der Waals surface area contributed by atoms with Crippen LogP contribution in [0.25, 0.3) is 0 Å². The van der Waals surface area contributed by atoms with Crippen LogP contribution in [0.2, 0.25) is 0 Å². The molecule has 3 unspecified atom stereocenters. The summed E-state index contributed by atoms with van der Waals surface area (Å²) in [7, 11) is 0. The van der Waals surface area contributed by atoms with Crippen molar-refractivity contribution >= 4 is 23.5 Å². The van der Waals surface area contributed by atoms with Crippen molar-refractivity contribution in [1.29, 1.82) is 0 Å². The monoisotopic (exact) mass is 336 g/mol. The van der Waals surface area contributed by atoms with Gasteiger partial charge in [-0.25, -0.2) is 0 Å².